The second-order valence-electron chi connectivity index (χ2n) is 5.37. The Balaban J connectivity index is 1.75. The summed E-state index contributed by atoms with van der Waals surface area (Å²) in [5.74, 6) is 0.154. The van der Waals surface area contributed by atoms with Crippen LogP contribution >= 0.6 is 0 Å². The number of oxime groups is 1. The van der Waals surface area contributed by atoms with Crippen molar-refractivity contribution in [3.8, 4) is 0 Å². The molecule has 7 nitrogen and oxygen atoms in total. The van der Waals surface area contributed by atoms with Crippen molar-refractivity contribution in [1.29, 1.82) is 0 Å². The van der Waals surface area contributed by atoms with E-state index in [0.717, 1.165) is 13.0 Å². The smallest absolute Gasteiger partial charge is 0.270 e. The molecule has 0 unspecified atom stereocenters. The van der Waals surface area contributed by atoms with Gasteiger partial charge in [0.05, 0.1) is 4.92 Å². The van der Waals surface area contributed by atoms with Crippen molar-refractivity contribution in [2.45, 2.75) is 25.7 Å². The Hall–Kier alpha value is -2.15. The lowest BCUT2D eigenvalue weighted by Crippen LogP contribution is -2.31. The number of hydrogen-bond donors (Lipinski definition) is 1. The molecule has 0 bridgehead atoms. The van der Waals surface area contributed by atoms with Crippen LogP contribution in [0.1, 0.15) is 31.2 Å². The number of likely N-dealkylation sites (tertiary alicyclic amines) is 1. The van der Waals surface area contributed by atoms with Gasteiger partial charge in [0, 0.05) is 24.2 Å². The zero-order valence-corrected chi connectivity index (χ0v) is 12.6. The molecule has 0 saturated carbocycles. The molecule has 2 N–H and O–H groups in total. The Morgan fingerprint density at radius 3 is 2.86 bits per heavy atom. The molecule has 0 aliphatic carbocycles. The molecular weight excluding hydrogens is 284 g/mol. The third-order valence-corrected chi connectivity index (χ3v) is 3.67. The van der Waals surface area contributed by atoms with E-state index in [1.54, 1.807) is 12.1 Å². The van der Waals surface area contributed by atoms with Gasteiger partial charge in [0.1, 0.15) is 6.61 Å². The van der Waals surface area contributed by atoms with Crippen molar-refractivity contribution in [2.75, 3.05) is 26.2 Å². The molecule has 0 aromatic heterocycles. The summed E-state index contributed by atoms with van der Waals surface area (Å²) in [5, 5.41) is 14.5. The van der Waals surface area contributed by atoms with Gasteiger partial charge in [-0.2, -0.15) is 0 Å². The van der Waals surface area contributed by atoms with Crippen LogP contribution < -0.4 is 5.73 Å². The zero-order valence-electron chi connectivity index (χ0n) is 12.6. The largest absolute Gasteiger partial charge is 0.394 e. The summed E-state index contributed by atoms with van der Waals surface area (Å²) in [6.07, 6.45) is 4.78. The van der Waals surface area contributed by atoms with Gasteiger partial charge in [-0.3, -0.25) is 10.1 Å². The predicted molar refractivity (Wildman–Crippen MR) is 84.7 cm³/mol. The molecule has 1 heterocycles. The summed E-state index contributed by atoms with van der Waals surface area (Å²) in [6, 6.07) is 6.04. The average Bonchev–Trinajstić information content (AvgIpc) is 2.55. The molecule has 1 aliphatic rings. The van der Waals surface area contributed by atoms with Gasteiger partial charge in [-0.1, -0.05) is 23.7 Å². The second-order valence-corrected chi connectivity index (χ2v) is 5.37. The topological polar surface area (TPSA) is 94.0 Å². The van der Waals surface area contributed by atoms with E-state index < -0.39 is 4.92 Å². The molecule has 1 saturated heterocycles. The first-order chi connectivity index (χ1) is 10.7. The predicted octanol–water partition coefficient (Wildman–Crippen LogP) is 2.11. The normalized spacial score (nSPS) is 16.5. The van der Waals surface area contributed by atoms with E-state index in [9.17, 15) is 10.1 Å². The van der Waals surface area contributed by atoms with Gasteiger partial charge in [0.2, 0.25) is 0 Å². The van der Waals surface area contributed by atoms with E-state index >= 15 is 0 Å². The van der Waals surface area contributed by atoms with E-state index in [0.29, 0.717) is 12.2 Å². The number of non-ortho nitro benzene ring substituents is 1. The molecule has 2 rings (SSSR count). The maximum absolute atomic E-state index is 10.7. The molecule has 120 valence electrons. The first-order valence-corrected chi connectivity index (χ1v) is 7.59. The summed E-state index contributed by atoms with van der Waals surface area (Å²) in [4.78, 5) is 17.9. The number of amidine groups is 1. The summed E-state index contributed by atoms with van der Waals surface area (Å²) in [5.41, 5.74) is 6.26. The summed E-state index contributed by atoms with van der Waals surface area (Å²) < 4.78 is 0. The van der Waals surface area contributed by atoms with Gasteiger partial charge in [0.25, 0.3) is 5.69 Å². The minimum atomic E-state index is -0.462. The monoisotopic (exact) mass is 306 g/mol. The molecule has 1 aromatic rings. The van der Waals surface area contributed by atoms with Crippen LogP contribution in [0, 0.1) is 10.1 Å². The minimum Gasteiger partial charge on any atom is -0.394 e. The van der Waals surface area contributed by atoms with Crippen LogP contribution in [0.4, 0.5) is 5.69 Å². The molecule has 7 heteroatoms. The summed E-state index contributed by atoms with van der Waals surface area (Å²) >= 11 is 0. The van der Waals surface area contributed by atoms with Crippen LogP contribution in [0.2, 0.25) is 0 Å². The van der Waals surface area contributed by atoms with Crippen molar-refractivity contribution in [3.63, 3.8) is 0 Å². The Morgan fingerprint density at radius 2 is 2.14 bits per heavy atom. The molecule has 0 spiro atoms. The molecule has 1 aliphatic heterocycles. The summed E-state index contributed by atoms with van der Waals surface area (Å²) in [7, 11) is 0. The minimum absolute atomic E-state index is 0.0132. The van der Waals surface area contributed by atoms with Gasteiger partial charge in [-0.25, -0.2) is 0 Å². The molecular formula is C15H22N4O3. The fourth-order valence-electron chi connectivity index (χ4n) is 2.48. The van der Waals surface area contributed by atoms with Gasteiger partial charge >= 0.3 is 0 Å². The highest BCUT2D eigenvalue weighted by atomic mass is 16.6. The van der Waals surface area contributed by atoms with Crippen LogP contribution in [-0.2, 0) is 4.84 Å². The SMILES string of the molecule is N/C(=N/OCCCN1CCCCC1)c1cccc([N+](=O)[O-])c1. The molecule has 22 heavy (non-hydrogen) atoms. The fraction of sp³-hybridized carbons (Fsp3) is 0.533. The Labute approximate surface area is 129 Å². The Kier molecular flexibility index (Phi) is 6.14. The van der Waals surface area contributed by atoms with E-state index in [4.69, 9.17) is 10.6 Å². The van der Waals surface area contributed by atoms with E-state index in [1.807, 2.05) is 0 Å². The molecule has 1 fully saturated rings. The van der Waals surface area contributed by atoms with Crippen LogP contribution in [0.25, 0.3) is 0 Å². The van der Waals surface area contributed by atoms with E-state index in [1.165, 1.54) is 44.5 Å². The second kappa shape index (κ2) is 8.33. The van der Waals surface area contributed by atoms with Crippen LogP contribution in [0.5, 0.6) is 0 Å². The van der Waals surface area contributed by atoms with Crippen molar-refractivity contribution in [1.82, 2.24) is 4.90 Å². The first-order valence-electron chi connectivity index (χ1n) is 7.59. The van der Waals surface area contributed by atoms with E-state index in [-0.39, 0.29) is 11.5 Å². The van der Waals surface area contributed by atoms with Crippen molar-refractivity contribution < 1.29 is 9.76 Å². The van der Waals surface area contributed by atoms with Crippen molar-refractivity contribution >= 4 is 11.5 Å². The molecule has 0 radical (unpaired) electrons. The summed E-state index contributed by atoms with van der Waals surface area (Å²) in [6.45, 7) is 3.83. The number of piperidine rings is 1. The maximum atomic E-state index is 10.7. The lowest BCUT2D eigenvalue weighted by atomic mass is 10.1. The van der Waals surface area contributed by atoms with Gasteiger partial charge in [-0.05, 0) is 32.4 Å². The number of rotatable bonds is 7. The fourth-order valence-corrected chi connectivity index (χ4v) is 2.48. The van der Waals surface area contributed by atoms with Crippen LogP contribution in [-0.4, -0.2) is 41.9 Å². The number of nitro groups is 1. The van der Waals surface area contributed by atoms with Gasteiger partial charge < -0.3 is 15.5 Å². The zero-order chi connectivity index (χ0) is 15.8. The quantitative estimate of drug-likeness (QED) is 0.274. The standard InChI is InChI=1S/C15H22N4O3/c16-15(13-6-4-7-14(12-13)19(20)21)17-22-11-5-10-18-8-2-1-3-9-18/h4,6-7,12H,1-3,5,8-11H2,(H2,16,17). The van der Waals surface area contributed by atoms with Gasteiger partial charge in [-0.15, -0.1) is 0 Å². The van der Waals surface area contributed by atoms with Gasteiger partial charge in [0.15, 0.2) is 5.84 Å². The Morgan fingerprint density at radius 1 is 1.36 bits per heavy atom. The highest BCUT2D eigenvalue weighted by Gasteiger charge is 2.10. The van der Waals surface area contributed by atoms with E-state index in [2.05, 4.69) is 10.1 Å². The van der Waals surface area contributed by atoms with Crippen LogP contribution in [0.3, 0.4) is 0 Å². The highest BCUT2D eigenvalue weighted by molar-refractivity contribution is 5.97. The molecule has 0 amide bonds. The van der Waals surface area contributed by atoms with Crippen molar-refractivity contribution in [2.24, 2.45) is 10.9 Å². The number of nitrogens with two attached hydrogens (primary N) is 1. The number of hydrogen-bond acceptors (Lipinski definition) is 5. The van der Waals surface area contributed by atoms with Crippen molar-refractivity contribution in [3.05, 3.63) is 39.9 Å². The maximum Gasteiger partial charge on any atom is 0.270 e. The average molecular weight is 306 g/mol. The highest BCUT2D eigenvalue weighted by Crippen LogP contribution is 2.13. The molecule has 1 aromatic carbocycles. The third-order valence-electron chi connectivity index (χ3n) is 3.67. The lowest BCUT2D eigenvalue weighted by molar-refractivity contribution is -0.384. The third kappa shape index (κ3) is 5.00. The van der Waals surface area contributed by atoms with Crippen LogP contribution in [0.15, 0.2) is 29.4 Å². The first kappa shape index (κ1) is 16.2. The number of nitro benzene ring substituents is 1. The Bertz CT molecular complexity index is 527. The lowest BCUT2D eigenvalue weighted by Gasteiger charge is -2.25. The number of nitrogens with zero attached hydrogens (tertiary/aromatic N) is 3. The molecule has 0 atom stereocenters. The number of benzene rings is 1.